The molecule has 2 aromatic heterocycles. The van der Waals surface area contributed by atoms with Crippen LogP contribution in [0, 0.1) is 13.8 Å². The van der Waals surface area contributed by atoms with Gasteiger partial charge in [0.15, 0.2) is 5.78 Å². The van der Waals surface area contributed by atoms with E-state index in [0.717, 1.165) is 41.2 Å². The summed E-state index contributed by atoms with van der Waals surface area (Å²) in [6.07, 6.45) is 6.21. The number of carbonyl (C=O) groups is 1. The Morgan fingerprint density at radius 3 is 2.79 bits per heavy atom. The molecule has 0 saturated heterocycles. The molecule has 0 atom stereocenters. The molecule has 0 bridgehead atoms. The fourth-order valence-electron chi connectivity index (χ4n) is 2.67. The zero-order valence-corrected chi connectivity index (χ0v) is 11.3. The van der Waals surface area contributed by atoms with Crippen molar-refractivity contribution in [2.24, 2.45) is 0 Å². The van der Waals surface area contributed by atoms with E-state index in [4.69, 9.17) is 0 Å². The molecule has 1 aliphatic rings. The molecule has 19 heavy (non-hydrogen) atoms. The summed E-state index contributed by atoms with van der Waals surface area (Å²) in [6, 6.07) is 2.01. The molecule has 0 amide bonds. The van der Waals surface area contributed by atoms with Gasteiger partial charge in [-0.3, -0.25) is 14.8 Å². The van der Waals surface area contributed by atoms with Crippen LogP contribution in [-0.2, 0) is 13.0 Å². The Morgan fingerprint density at radius 2 is 2.05 bits per heavy atom. The second-order valence-corrected chi connectivity index (χ2v) is 5.16. The molecule has 0 fully saturated rings. The molecule has 98 valence electrons. The lowest BCUT2D eigenvalue weighted by Gasteiger charge is -2.15. The maximum absolute atomic E-state index is 11.9. The largest absolute Gasteiger partial charge is 0.342 e. The van der Waals surface area contributed by atoms with Gasteiger partial charge in [-0.15, -0.1) is 0 Å². The van der Waals surface area contributed by atoms with Crippen molar-refractivity contribution in [2.75, 3.05) is 0 Å². The van der Waals surface area contributed by atoms with Crippen LogP contribution in [0.2, 0.25) is 0 Å². The highest BCUT2D eigenvalue weighted by Crippen LogP contribution is 2.25. The van der Waals surface area contributed by atoms with E-state index < -0.39 is 0 Å². The third-order valence-electron chi connectivity index (χ3n) is 3.69. The van der Waals surface area contributed by atoms with Crippen molar-refractivity contribution in [3.8, 4) is 0 Å². The van der Waals surface area contributed by atoms with Gasteiger partial charge in [-0.2, -0.15) is 0 Å². The Hall–Kier alpha value is -1.97. The molecule has 4 nitrogen and oxygen atoms in total. The summed E-state index contributed by atoms with van der Waals surface area (Å²) < 4.78 is 2.20. The molecule has 2 aromatic rings. The van der Waals surface area contributed by atoms with Crippen molar-refractivity contribution in [1.82, 2.24) is 14.5 Å². The third kappa shape index (κ3) is 2.18. The lowest BCUT2D eigenvalue weighted by atomic mass is 9.96. The summed E-state index contributed by atoms with van der Waals surface area (Å²) >= 11 is 0. The van der Waals surface area contributed by atoms with Crippen molar-refractivity contribution in [2.45, 2.75) is 39.7 Å². The summed E-state index contributed by atoms with van der Waals surface area (Å²) in [5.41, 5.74) is 5.05. The first-order valence-electron chi connectivity index (χ1n) is 6.65. The maximum atomic E-state index is 11.9. The van der Waals surface area contributed by atoms with Crippen molar-refractivity contribution in [3.05, 3.63) is 46.8 Å². The molecule has 0 spiro atoms. The number of ketones is 1. The van der Waals surface area contributed by atoms with Gasteiger partial charge >= 0.3 is 0 Å². The minimum atomic E-state index is 0.276. The van der Waals surface area contributed by atoms with Gasteiger partial charge in [0.05, 0.1) is 24.1 Å². The number of Topliss-reactive ketones (excluding diaryl/α,β-unsaturated/α-hetero) is 1. The van der Waals surface area contributed by atoms with Gasteiger partial charge in [0, 0.05) is 29.6 Å². The smallest absolute Gasteiger partial charge is 0.164 e. The van der Waals surface area contributed by atoms with Crippen LogP contribution in [0.5, 0.6) is 0 Å². The molecule has 0 aromatic carbocycles. The topological polar surface area (TPSA) is 47.8 Å². The summed E-state index contributed by atoms with van der Waals surface area (Å²) in [5.74, 6) is 0.276. The maximum Gasteiger partial charge on any atom is 0.164 e. The van der Waals surface area contributed by atoms with E-state index in [2.05, 4.69) is 14.5 Å². The summed E-state index contributed by atoms with van der Waals surface area (Å²) in [5, 5.41) is 0. The van der Waals surface area contributed by atoms with Crippen LogP contribution < -0.4 is 0 Å². The molecule has 0 radical (unpaired) electrons. The average Bonchev–Trinajstić information content (AvgIpc) is 2.71. The molecule has 0 saturated carbocycles. The fourth-order valence-corrected chi connectivity index (χ4v) is 2.67. The number of aromatic nitrogens is 3. The molecule has 0 aliphatic heterocycles. The zero-order chi connectivity index (χ0) is 13.4. The quantitative estimate of drug-likeness (QED) is 0.828. The minimum Gasteiger partial charge on any atom is -0.342 e. The molecule has 4 heteroatoms. The first kappa shape index (κ1) is 12.1. The Kier molecular flexibility index (Phi) is 2.93. The molecular formula is C15H17N3O. The van der Waals surface area contributed by atoms with Crippen LogP contribution in [0.15, 0.2) is 18.5 Å². The Balaban J connectivity index is 1.97. The van der Waals surface area contributed by atoms with E-state index in [1.54, 1.807) is 6.20 Å². The van der Waals surface area contributed by atoms with Gasteiger partial charge in [-0.05, 0) is 32.8 Å². The monoisotopic (exact) mass is 255 g/mol. The molecular weight excluding hydrogens is 238 g/mol. The van der Waals surface area contributed by atoms with Crippen LogP contribution >= 0.6 is 0 Å². The molecule has 0 N–H and O–H groups in total. The predicted molar refractivity (Wildman–Crippen MR) is 72.3 cm³/mol. The highest BCUT2D eigenvalue weighted by Gasteiger charge is 2.22. The van der Waals surface area contributed by atoms with Gasteiger partial charge in [-0.1, -0.05) is 0 Å². The first-order valence-corrected chi connectivity index (χ1v) is 6.65. The van der Waals surface area contributed by atoms with E-state index in [9.17, 15) is 4.79 Å². The number of hydrogen-bond acceptors (Lipinski definition) is 3. The molecule has 1 aliphatic carbocycles. The molecule has 3 rings (SSSR count). The number of carbonyl (C=O) groups excluding carboxylic acids is 1. The zero-order valence-electron chi connectivity index (χ0n) is 11.3. The number of rotatable bonds is 2. The van der Waals surface area contributed by atoms with Crippen molar-refractivity contribution in [3.63, 3.8) is 0 Å². The standard InChI is InChI=1S/C15H17N3O/c1-10-7-17-12(8-16-10)9-18-11(2)6-13-14(18)4-3-5-15(13)19/h6-8H,3-5,9H2,1-2H3. The van der Waals surface area contributed by atoms with Crippen molar-refractivity contribution in [1.29, 1.82) is 0 Å². The number of aryl methyl sites for hydroxylation is 2. The van der Waals surface area contributed by atoms with Crippen LogP contribution in [0.25, 0.3) is 0 Å². The van der Waals surface area contributed by atoms with Crippen LogP contribution in [-0.4, -0.2) is 20.3 Å². The van der Waals surface area contributed by atoms with E-state index >= 15 is 0 Å². The van der Waals surface area contributed by atoms with Crippen LogP contribution in [0.1, 0.15) is 46.0 Å². The summed E-state index contributed by atoms with van der Waals surface area (Å²) in [4.78, 5) is 20.6. The lowest BCUT2D eigenvalue weighted by molar-refractivity contribution is 0.0972. The number of fused-ring (bicyclic) bond motifs is 1. The second kappa shape index (κ2) is 4.61. The van der Waals surface area contributed by atoms with Crippen LogP contribution in [0.4, 0.5) is 0 Å². The second-order valence-electron chi connectivity index (χ2n) is 5.16. The predicted octanol–water partition coefficient (Wildman–Crippen LogP) is 2.46. The fraction of sp³-hybridized carbons (Fsp3) is 0.400. The van der Waals surface area contributed by atoms with Crippen molar-refractivity contribution >= 4 is 5.78 Å². The van der Waals surface area contributed by atoms with Crippen molar-refractivity contribution < 1.29 is 4.79 Å². The highest BCUT2D eigenvalue weighted by atomic mass is 16.1. The normalized spacial score (nSPS) is 14.5. The van der Waals surface area contributed by atoms with Gasteiger partial charge in [0.2, 0.25) is 0 Å². The molecule has 2 heterocycles. The van der Waals surface area contributed by atoms with Gasteiger partial charge in [0.1, 0.15) is 0 Å². The first-order chi connectivity index (χ1) is 9.15. The Morgan fingerprint density at radius 1 is 1.21 bits per heavy atom. The number of hydrogen-bond donors (Lipinski definition) is 0. The van der Waals surface area contributed by atoms with Gasteiger partial charge < -0.3 is 4.57 Å². The average molecular weight is 255 g/mol. The Labute approximate surface area is 112 Å². The van der Waals surface area contributed by atoms with Gasteiger partial charge in [0.25, 0.3) is 0 Å². The third-order valence-corrected chi connectivity index (χ3v) is 3.69. The van der Waals surface area contributed by atoms with Crippen LogP contribution in [0.3, 0.4) is 0 Å². The summed E-state index contributed by atoms with van der Waals surface area (Å²) in [7, 11) is 0. The van der Waals surface area contributed by atoms with E-state index in [-0.39, 0.29) is 5.78 Å². The highest BCUT2D eigenvalue weighted by molar-refractivity contribution is 5.98. The minimum absolute atomic E-state index is 0.276. The lowest BCUT2D eigenvalue weighted by Crippen LogP contribution is -2.14. The van der Waals surface area contributed by atoms with Gasteiger partial charge in [-0.25, -0.2) is 0 Å². The van der Waals surface area contributed by atoms with E-state index in [1.807, 2.05) is 26.1 Å². The number of nitrogens with zero attached hydrogens (tertiary/aromatic N) is 3. The van der Waals surface area contributed by atoms with E-state index in [1.165, 1.54) is 0 Å². The van der Waals surface area contributed by atoms with E-state index in [0.29, 0.717) is 13.0 Å². The summed E-state index contributed by atoms with van der Waals surface area (Å²) in [6.45, 7) is 4.67. The molecule has 0 unspecified atom stereocenters. The SMILES string of the molecule is Cc1cnc(Cn2c(C)cc3c2CCCC3=O)cn1. The Bertz CT molecular complexity index is 626.